The first kappa shape index (κ1) is 25.1. The fourth-order valence-electron chi connectivity index (χ4n) is 4.17. The second-order valence-corrected chi connectivity index (χ2v) is 9.95. The molecule has 35 heavy (non-hydrogen) atoms. The summed E-state index contributed by atoms with van der Waals surface area (Å²) < 4.78 is 43.5. The molecule has 2 N–H and O–H groups in total. The summed E-state index contributed by atoms with van der Waals surface area (Å²) in [6.45, 7) is 6.17. The molecule has 1 aromatic heterocycles. The lowest BCUT2D eigenvalue weighted by atomic mass is 9.90. The summed E-state index contributed by atoms with van der Waals surface area (Å²) in [5, 5.41) is 11.5. The fraction of sp³-hybridized carbons (Fsp3) is 0.360. The van der Waals surface area contributed by atoms with Crippen LogP contribution in [0.1, 0.15) is 50.4 Å². The molecule has 1 unspecified atom stereocenters. The molecule has 3 atom stereocenters. The van der Waals surface area contributed by atoms with Crippen LogP contribution < -0.4 is 15.4 Å². The maximum absolute atomic E-state index is 13.1. The molecule has 2 heterocycles. The lowest BCUT2D eigenvalue weighted by molar-refractivity contribution is -0.274. The molecular weight excluding hydrogens is 481 g/mol. The number of alkyl halides is 3. The van der Waals surface area contributed by atoms with Gasteiger partial charge in [0.1, 0.15) is 5.75 Å². The first-order chi connectivity index (χ1) is 16.4. The van der Waals surface area contributed by atoms with Crippen LogP contribution in [0.3, 0.4) is 0 Å². The quantitative estimate of drug-likeness (QED) is 0.444. The van der Waals surface area contributed by atoms with Crippen LogP contribution in [0.5, 0.6) is 5.75 Å². The van der Waals surface area contributed by atoms with E-state index in [0.29, 0.717) is 11.4 Å². The smallest absolute Gasteiger partial charge is 0.406 e. The van der Waals surface area contributed by atoms with E-state index in [1.165, 1.54) is 18.2 Å². The van der Waals surface area contributed by atoms with Crippen molar-refractivity contribution < 1.29 is 22.7 Å². The zero-order valence-corrected chi connectivity index (χ0v) is 20.2. The number of benzene rings is 2. The third kappa shape index (κ3) is 6.15. The van der Waals surface area contributed by atoms with Crippen LogP contribution in [0.15, 0.2) is 60.8 Å². The van der Waals surface area contributed by atoms with Gasteiger partial charge in [0.05, 0.1) is 17.3 Å². The molecule has 1 fully saturated rings. The average Bonchev–Trinajstić information content (AvgIpc) is 3.41. The highest BCUT2D eigenvalue weighted by Crippen LogP contribution is 2.40. The average molecular weight is 507 g/mol. The standard InChI is InChI=1S/C25H26ClF3N4O2/c1-24(2,3)33-12-11-20(32-33)19-14-21(31-22(19)15-7-9-16(26)10-8-15)23(34)30-17-5-4-6-18(13-17)35-25(27,28)29/h4-13,19,21-22,31H,14H2,1-3H3,(H,30,34)/t19?,21-,22-/m0/s1. The molecule has 0 spiro atoms. The molecule has 6 nitrogen and oxygen atoms in total. The summed E-state index contributed by atoms with van der Waals surface area (Å²) in [4.78, 5) is 13.1. The monoisotopic (exact) mass is 506 g/mol. The predicted molar refractivity (Wildman–Crippen MR) is 127 cm³/mol. The molecule has 0 radical (unpaired) electrons. The van der Waals surface area contributed by atoms with Crippen LogP contribution in [0.4, 0.5) is 18.9 Å². The minimum Gasteiger partial charge on any atom is -0.406 e. The summed E-state index contributed by atoms with van der Waals surface area (Å²) in [6, 6.07) is 13.8. The molecule has 2 aromatic carbocycles. The van der Waals surface area contributed by atoms with Gasteiger partial charge in [0, 0.05) is 34.9 Å². The Bertz CT molecular complexity index is 1190. The number of hydrogen-bond acceptors (Lipinski definition) is 4. The van der Waals surface area contributed by atoms with E-state index in [1.807, 2.05) is 29.1 Å². The van der Waals surface area contributed by atoms with Gasteiger partial charge in [0.2, 0.25) is 5.91 Å². The highest BCUT2D eigenvalue weighted by Gasteiger charge is 2.40. The van der Waals surface area contributed by atoms with E-state index in [-0.39, 0.29) is 29.1 Å². The van der Waals surface area contributed by atoms with Gasteiger partial charge in [-0.05, 0) is 63.1 Å². The lowest BCUT2D eigenvalue weighted by Crippen LogP contribution is -2.36. The van der Waals surface area contributed by atoms with E-state index >= 15 is 0 Å². The highest BCUT2D eigenvalue weighted by atomic mass is 35.5. The summed E-state index contributed by atoms with van der Waals surface area (Å²) in [6.07, 6.45) is -2.43. The minimum atomic E-state index is -4.81. The van der Waals surface area contributed by atoms with Crippen molar-refractivity contribution in [3.8, 4) is 5.75 Å². The number of hydrogen-bond donors (Lipinski definition) is 2. The molecule has 0 saturated carbocycles. The van der Waals surface area contributed by atoms with Crippen molar-refractivity contribution in [1.82, 2.24) is 15.1 Å². The van der Waals surface area contributed by atoms with Gasteiger partial charge >= 0.3 is 6.36 Å². The van der Waals surface area contributed by atoms with Crippen LogP contribution in [-0.4, -0.2) is 28.1 Å². The molecule has 10 heteroatoms. The molecule has 1 aliphatic rings. The van der Waals surface area contributed by atoms with Crippen LogP contribution in [0, 0.1) is 0 Å². The van der Waals surface area contributed by atoms with Gasteiger partial charge in [-0.1, -0.05) is 29.8 Å². The first-order valence-electron chi connectivity index (χ1n) is 11.1. The fourth-order valence-corrected chi connectivity index (χ4v) is 4.30. The molecule has 186 valence electrons. The lowest BCUT2D eigenvalue weighted by Gasteiger charge is -2.21. The third-order valence-corrected chi connectivity index (χ3v) is 6.08. The van der Waals surface area contributed by atoms with Gasteiger partial charge in [-0.15, -0.1) is 13.2 Å². The molecule has 1 saturated heterocycles. The van der Waals surface area contributed by atoms with Crippen molar-refractivity contribution in [3.05, 3.63) is 77.1 Å². The molecule has 3 aromatic rings. The number of carbonyl (C=O) groups is 1. The van der Waals surface area contributed by atoms with Crippen molar-refractivity contribution >= 4 is 23.2 Å². The van der Waals surface area contributed by atoms with E-state index in [1.54, 1.807) is 12.1 Å². The molecule has 1 amide bonds. The van der Waals surface area contributed by atoms with Crippen LogP contribution in [0.2, 0.25) is 5.02 Å². The van der Waals surface area contributed by atoms with E-state index in [2.05, 4.69) is 36.1 Å². The molecule has 4 rings (SSSR count). The highest BCUT2D eigenvalue weighted by molar-refractivity contribution is 6.30. The SMILES string of the molecule is CC(C)(C)n1ccc(C2C[C@@H](C(=O)Nc3cccc(OC(F)(F)F)c3)N[C@H]2c2ccc(Cl)cc2)n1. The zero-order chi connectivity index (χ0) is 25.4. The van der Waals surface area contributed by atoms with E-state index < -0.39 is 18.2 Å². The number of nitrogens with zero attached hydrogens (tertiary/aromatic N) is 2. The Morgan fingerprint density at radius 1 is 1.14 bits per heavy atom. The van der Waals surface area contributed by atoms with Gasteiger partial charge in [-0.2, -0.15) is 5.10 Å². The van der Waals surface area contributed by atoms with Crippen molar-refractivity contribution in [2.24, 2.45) is 0 Å². The predicted octanol–water partition coefficient (Wildman–Crippen LogP) is 6.02. The number of carbonyl (C=O) groups excluding carboxylic acids is 1. The number of nitrogens with one attached hydrogen (secondary N) is 2. The van der Waals surface area contributed by atoms with Crippen molar-refractivity contribution in [1.29, 1.82) is 0 Å². The molecule has 0 bridgehead atoms. The van der Waals surface area contributed by atoms with Crippen molar-refractivity contribution in [2.75, 3.05) is 5.32 Å². The van der Waals surface area contributed by atoms with Gasteiger partial charge in [0.25, 0.3) is 0 Å². The molecule has 1 aliphatic heterocycles. The number of aromatic nitrogens is 2. The van der Waals surface area contributed by atoms with Crippen LogP contribution in [0.25, 0.3) is 0 Å². The number of rotatable bonds is 5. The Hall–Kier alpha value is -3.04. The zero-order valence-electron chi connectivity index (χ0n) is 19.4. The first-order valence-corrected chi connectivity index (χ1v) is 11.5. The largest absolute Gasteiger partial charge is 0.573 e. The number of halogens is 4. The third-order valence-electron chi connectivity index (χ3n) is 5.83. The maximum atomic E-state index is 13.1. The summed E-state index contributed by atoms with van der Waals surface area (Å²) in [7, 11) is 0. The summed E-state index contributed by atoms with van der Waals surface area (Å²) >= 11 is 6.07. The van der Waals surface area contributed by atoms with E-state index in [9.17, 15) is 18.0 Å². The van der Waals surface area contributed by atoms with Gasteiger partial charge in [-0.25, -0.2) is 0 Å². The van der Waals surface area contributed by atoms with Crippen molar-refractivity contribution in [3.63, 3.8) is 0 Å². The number of ether oxygens (including phenoxy) is 1. The van der Waals surface area contributed by atoms with Gasteiger partial charge in [0.15, 0.2) is 0 Å². The second kappa shape index (κ2) is 9.54. The van der Waals surface area contributed by atoms with Crippen molar-refractivity contribution in [2.45, 2.75) is 57.1 Å². The summed E-state index contributed by atoms with van der Waals surface area (Å²) in [5.74, 6) is -0.861. The maximum Gasteiger partial charge on any atom is 0.573 e. The Morgan fingerprint density at radius 2 is 1.86 bits per heavy atom. The normalized spacial score (nSPS) is 20.6. The summed E-state index contributed by atoms with van der Waals surface area (Å²) in [5.41, 5.74) is 1.83. The van der Waals surface area contributed by atoms with Gasteiger partial charge < -0.3 is 10.1 Å². The topological polar surface area (TPSA) is 68.2 Å². The Balaban J connectivity index is 1.56. The van der Waals surface area contributed by atoms with E-state index in [0.717, 1.165) is 17.3 Å². The molecular formula is C25H26ClF3N4O2. The number of anilines is 1. The Labute approximate surface area is 206 Å². The Morgan fingerprint density at radius 3 is 2.49 bits per heavy atom. The van der Waals surface area contributed by atoms with Crippen LogP contribution >= 0.6 is 11.6 Å². The second-order valence-electron chi connectivity index (χ2n) is 9.51. The number of amides is 1. The van der Waals surface area contributed by atoms with Gasteiger partial charge in [-0.3, -0.25) is 14.8 Å². The van der Waals surface area contributed by atoms with Crippen LogP contribution in [-0.2, 0) is 10.3 Å². The Kier molecular flexibility index (Phi) is 6.83. The molecule has 0 aliphatic carbocycles. The minimum absolute atomic E-state index is 0.101. The van der Waals surface area contributed by atoms with E-state index in [4.69, 9.17) is 16.7 Å².